The number of hydrogen-bond donors (Lipinski definition) is 2. The zero-order valence-corrected chi connectivity index (χ0v) is 11.0. The third kappa shape index (κ3) is 3.66. The van der Waals surface area contributed by atoms with Gasteiger partial charge in [0.1, 0.15) is 0 Å². The molecule has 0 atom stereocenters. The van der Waals surface area contributed by atoms with E-state index in [1.165, 1.54) is 24.3 Å². The van der Waals surface area contributed by atoms with Gasteiger partial charge in [0, 0.05) is 0 Å². The molecule has 104 valence electrons. The Labute approximate surface area is 109 Å². The first-order valence-electron chi connectivity index (χ1n) is 4.95. The summed E-state index contributed by atoms with van der Waals surface area (Å²) in [6, 6.07) is 5.41. The van der Waals surface area contributed by atoms with E-state index in [2.05, 4.69) is 9.47 Å². The minimum absolute atomic E-state index is 0.149. The van der Waals surface area contributed by atoms with Gasteiger partial charge in [-0.3, -0.25) is 0 Å². The molecule has 1 amide bonds. The molecule has 0 spiro atoms. The Balaban J connectivity index is 3.08. The molecule has 0 radical (unpaired) electrons. The monoisotopic (exact) mass is 288 g/mol. The van der Waals surface area contributed by atoms with Crippen molar-refractivity contribution in [2.75, 3.05) is 14.2 Å². The molecule has 0 bridgehead atoms. The summed E-state index contributed by atoms with van der Waals surface area (Å²) in [4.78, 5) is 23.7. The average Bonchev–Trinajstić information content (AvgIpc) is 2.43. The van der Waals surface area contributed by atoms with Gasteiger partial charge in [-0.25, -0.2) is 23.4 Å². The largest absolute Gasteiger partial charge is 0.465 e. The highest BCUT2D eigenvalue weighted by Crippen LogP contribution is 2.15. The summed E-state index contributed by atoms with van der Waals surface area (Å²) < 4.78 is 32.5. The summed E-state index contributed by atoms with van der Waals surface area (Å²) in [5, 5.41) is 0. The number of amides is 1. The third-order valence-corrected chi connectivity index (χ3v) is 3.36. The van der Waals surface area contributed by atoms with Crippen molar-refractivity contribution >= 4 is 22.1 Å². The maximum atomic E-state index is 11.9. The van der Waals surface area contributed by atoms with Crippen LogP contribution in [0.25, 0.3) is 0 Å². The van der Waals surface area contributed by atoms with Gasteiger partial charge in [-0.1, -0.05) is 12.1 Å². The number of carbonyl (C=O) groups is 2. The second kappa shape index (κ2) is 6.16. The normalized spacial score (nSPS) is 10.6. The maximum absolute atomic E-state index is 11.9. The van der Waals surface area contributed by atoms with Gasteiger partial charge in [-0.05, 0) is 12.1 Å². The number of nitrogens with one attached hydrogen (secondary N) is 2. The Morgan fingerprint density at radius 1 is 1.11 bits per heavy atom. The van der Waals surface area contributed by atoms with Crippen molar-refractivity contribution in [1.29, 1.82) is 0 Å². The Morgan fingerprint density at radius 3 is 2.32 bits per heavy atom. The molecular weight excluding hydrogens is 276 g/mol. The van der Waals surface area contributed by atoms with E-state index in [9.17, 15) is 18.0 Å². The summed E-state index contributed by atoms with van der Waals surface area (Å²) >= 11 is 0. The van der Waals surface area contributed by atoms with Crippen molar-refractivity contribution in [2.45, 2.75) is 4.90 Å². The first-order chi connectivity index (χ1) is 8.92. The van der Waals surface area contributed by atoms with Gasteiger partial charge >= 0.3 is 12.1 Å². The van der Waals surface area contributed by atoms with Crippen molar-refractivity contribution in [3.8, 4) is 0 Å². The SMILES string of the molecule is COC(=O)NNS(=O)(=O)c1ccccc1C(=O)OC. The van der Waals surface area contributed by atoms with Gasteiger partial charge in [0.05, 0.1) is 24.7 Å². The standard InChI is InChI=1S/C10H12N2O6S/c1-17-9(13)7-5-3-4-6-8(7)19(15,16)12-11-10(14)18-2/h3-6,12H,1-2H3,(H,11,14). The highest BCUT2D eigenvalue weighted by Gasteiger charge is 2.23. The lowest BCUT2D eigenvalue weighted by molar-refractivity contribution is 0.0596. The number of sulfonamides is 1. The van der Waals surface area contributed by atoms with Gasteiger partial charge in [-0.15, -0.1) is 4.83 Å². The Bertz CT molecular complexity index is 583. The van der Waals surface area contributed by atoms with E-state index in [1.54, 1.807) is 10.3 Å². The van der Waals surface area contributed by atoms with Crippen LogP contribution in [0.2, 0.25) is 0 Å². The summed E-state index contributed by atoms with van der Waals surface area (Å²) in [6.45, 7) is 0. The Morgan fingerprint density at radius 2 is 1.74 bits per heavy atom. The van der Waals surface area contributed by atoms with Gasteiger partial charge in [0.2, 0.25) is 0 Å². The first-order valence-corrected chi connectivity index (χ1v) is 6.44. The lowest BCUT2D eigenvalue weighted by atomic mass is 10.2. The topological polar surface area (TPSA) is 111 Å². The number of methoxy groups -OCH3 is 2. The fourth-order valence-electron chi connectivity index (χ4n) is 1.19. The molecule has 0 aliphatic rings. The molecule has 0 aliphatic heterocycles. The maximum Gasteiger partial charge on any atom is 0.422 e. The predicted octanol–water partition coefficient (Wildman–Crippen LogP) is 0.0225. The molecule has 0 unspecified atom stereocenters. The first kappa shape index (κ1) is 14.9. The van der Waals surface area contributed by atoms with Crippen LogP contribution in [-0.4, -0.2) is 34.7 Å². The lowest BCUT2D eigenvalue weighted by Crippen LogP contribution is -2.41. The van der Waals surface area contributed by atoms with Crippen LogP contribution in [-0.2, 0) is 19.5 Å². The summed E-state index contributed by atoms with van der Waals surface area (Å²) in [5.41, 5.74) is 1.66. The van der Waals surface area contributed by atoms with Gasteiger partial charge < -0.3 is 9.47 Å². The average molecular weight is 288 g/mol. The highest BCUT2D eigenvalue weighted by molar-refractivity contribution is 7.89. The Hall–Kier alpha value is -2.13. The zero-order chi connectivity index (χ0) is 14.5. The van der Waals surface area contributed by atoms with Crippen LogP contribution in [0.3, 0.4) is 0 Å². The van der Waals surface area contributed by atoms with E-state index in [0.717, 1.165) is 14.2 Å². The van der Waals surface area contributed by atoms with Crippen LogP contribution in [0.5, 0.6) is 0 Å². The molecule has 19 heavy (non-hydrogen) atoms. The van der Waals surface area contributed by atoms with Crippen molar-refractivity contribution in [3.63, 3.8) is 0 Å². The molecule has 0 fully saturated rings. The second-order valence-electron chi connectivity index (χ2n) is 3.21. The van der Waals surface area contributed by atoms with E-state index >= 15 is 0 Å². The fraction of sp³-hybridized carbons (Fsp3) is 0.200. The van der Waals surface area contributed by atoms with Gasteiger partial charge in [-0.2, -0.15) is 0 Å². The van der Waals surface area contributed by atoms with Crippen LogP contribution in [0, 0.1) is 0 Å². The van der Waals surface area contributed by atoms with Crippen LogP contribution in [0.4, 0.5) is 4.79 Å². The minimum Gasteiger partial charge on any atom is -0.465 e. The van der Waals surface area contributed by atoms with E-state index in [-0.39, 0.29) is 10.5 Å². The number of hydrazine groups is 1. The molecule has 8 nitrogen and oxygen atoms in total. The third-order valence-electron chi connectivity index (χ3n) is 2.05. The molecule has 0 saturated carbocycles. The number of ether oxygens (including phenoxy) is 2. The van der Waals surface area contributed by atoms with Crippen LogP contribution < -0.4 is 10.3 Å². The summed E-state index contributed by atoms with van der Waals surface area (Å²) in [7, 11) is -1.91. The molecule has 0 aliphatic carbocycles. The molecule has 0 aromatic heterocycles. The molecule has 2 N–H and O–H groups in total. The van der Waals surface area contributed by atoms with Gasteiger partial charge in [0.15, 0.2) is 0 Å². The van der Waals surface area contributed by atoms with Crippen molar-refractivity contribution in [3.05, 3.63) is 29.8 Å². The van der Waals surface area contributed by atoms with Crippen molar-refractivity contribution in [2.24, 2.45) is 0 Å². The molecule has 9 heteroatoms. The van der Waals surface area contributed by atoms with Crippen LogP contribution in [0.1, 0.15) is 10.4 Å². The van der Waals surface area contributed by atoms with E-state index in [0.29, 0.717) is 0 Å². The molecule has 0 saturated heterocycles. The van der Waals surface area contributed by atoms with Crippen molar-refractivity contribution in [1.82, 2.24) is 10.3 Å². The molecule has 1 rings (SSSR count). The van der Waals surface area contributed by atoms with Crippen LogP contribution in [0.15, 0.2) is 29.2 Å². The fourth-order valence-corrected chi connectivity index (χ4v) is 2.22. The summed E-state index contributed by atoms with van der Waals surface area (Å²) in [6.07, 6.45) is -0.987. The lowest BCUT2D eigenvalue weighted by Gasteiger charge is -2.10. The highest BCUT2D eigenvalue weighted by atomic mass is 32.2. The Kier molecular flexibility index (Phi) is 4.84. The number of esters is 1. The number of hydrogen-bond acceptors (Lipinski definition) is 6. The molecule has 1 aromatic carbocycles. The summed E-state index contributed by atoms with van der Waals surface area (Å²) in [5.74, 6) is -0.806. The smallest absolute Gasteiger partial charge is 0.422 e. The molecule has 1 aromatic rings. The number of carbonyl (C=O) groups excluding carboxylic acids is 2. The second-order valence-corrected chi connectivity index (χ2v) is 4.86. The van der Waals surface area contributed by atoms with E-state index in [1.807, 2.05) is 0 Å². The van der Waals surface area contributed by atoms with E-state index < -0.39 is 22.1 Å². The van der Waals surface area contributed by atoms with Crippen LogP contribution >= 0.6 is 0 Å². The number of rotatable bonds is 4. The zero-order valence-electron chi connectivity index (χ0n) is 10.2. The minimum atomic E-state index is -4.11. The number of benzene rings is 1. The van der Waals surface area contributed by atoms with E-state index in [4.69, 9.17) is 0 Å². The molecule has 0 heterocycles. The molecular formula is C10H12N2O6S. The van der Waals surface area contributed by atoms with Gasteiger partial charge in [0.25, 0.3) is 10.0 Å². The predicted molar refractivity (Wildman–Crippen MR) is 63.6 cm³/mol. The van der Waals surface area contributed by atoms with Crippen molar-refractivity contribution < 1.29 is 27.5 Å². The quantitative estimate of drug-likeness (QED) is 0.597.